The molecular formula is C15H19NO3. The second-order valence-corrected chi connectivity index (χ2v) is 6.16. The van der Waals surface area contributed by atoms with E-state index >= 15 is 0 Å². The van der Waals surface area contributed by atoms with Crippen LogP contribution in [0, 0.1) is 11.8 Å². The highest BCUT2D eigenvalue weighted by molar-refractivity contribution is 5.94. The molecule has 1 fully saturated rings. The van der Waals surface area contributed by atoms with Crippen LogP contribution in [0.5, 0.6) is 0 Å². The number of hydrogen-bond donors (Lipinski definition) is 0. The number of nitrogens with zero attached hydrogens (tertiary/aromatic N) is 1. The SMILES string of the molecule is CC1C(=O)C[C@H](c2ccco2)[C@@H]1C1=NC(C)(C)CO1. The fourth-order valence-corrected chi connectivity index (χ4v) is 3.03. The van der Waals surface area contributed by atoms with Gasteiger partial charge in [0.1, 0.15) is 18.2 Å². The second-order valence-electron chi connectivity index (χ2n) is 6.16. The van der Waals surface area contributed by atoms with Crippen molar-refractivity contribution in [1.82, 2.24) is 0 Å². The van der Waals surface area contributed by atoms with Crippen LogP contribution in [0.3, 0.4) is 0 Å². The summed E-state index contributed by atoms with van der Waals surface area (Å²) in [6.45, 7) is 6.64. The summed E-state index contributed by atoms with van der Waals surface area (Å²) in [5, 5.41) is 0. The molecule has 0 bridgehead atoms. The summed E-state index contributed by atoms with van der Waals surface area (Å²) in [6, 6.07) is 3.80. The van der Waals surface area contributed by atoms with E-state index in [0.717, 1.165) is 11.7 Å². The molecule has 3 atom stereocenters. The van der Waals surface area contributed by atoms with Gasteiger partial charge in [-0.15, -0.1) is 0 Å². The van der Waals surface area contributed by atoms with Crippen molar-refractivity contribution in [3.8, 4) is 0 Å². The molecule has 1 aliphatic heterocycles. The smallest absolute Gasteiger partial charge is 0.188 e. The number of ether oxygens (including phenoxy) is 1. The Morgan fingerprint density at radius 3 is 2.79 bits per heavy atom. The van der Waals surface area contributed by atoms with Crippen LogP contribution < -0.4 is 0 Å². The largest absolute Gasteiger partial charge is 0.478 e. The number of hydrogen-bond acceptors (Lipinski definition) is 4. The fraction of sp³-hybridized carbons (Fsp3) is 0.600. The Hall–Kier alpha value is -1.58. The van der Waals surface area contributed by atoms with E-state index < -0.39 is 0 Å². The molecule has 0 aromatic carbocycles. The van der Waals surface area contributed by atoms with Crippen LogP contribution in [0.15, 0.2) is 27.8 Å². The van der Waals surface area contributed by atoms with Crippen molar-refractivity contribution in [2.45, 2.75) is 38.6 Å². The first-order valence-corrected chi connectivity index (χ1v) is 6.76. The van der Waals surface area contributed by atoms with Gasteiger partial charge in [-0.05, 0) is 26.0 Å². The molecule has 0 spiro atoms. The molecule has 4 heteroatoms. The molecule has 2 heterocycles. The van der Waals surface area contributed by atoms with E-state index in [9.17, 15) is 4.79 Å². The zero-order valence-electron chi connectivity index (χ0n) is 11.6. The van der Waals surface area contributed by atoms with Gasteiger partial charge in [-0.25, -0.2) is 4.99 Å². The van der Waals surface area contributed by atoms with Crippen LogP contribution in [0.25, 0.3) is 0 Å². The third kappa shape index (κ3) is 2.09. The molecule has 4 nitrogen and oxygen atoms in total. The van der Waals surface area contributed by atoms with Crippen LogP contribution >= 0.6 is 0 Å². The molecule has 1 saturated carbocycles. The fourth-order valence-electron chi connectivity index (χ4n) is 3.03. The lowest BCUT2D eigenvalue weighted by Crippen LogP contribution is -2.24. The van der Waals surface area contributed by atoms with Crippen LogP contribution in [0.1, 0.15) is 38.9 Å². The maximum atomic E-state index is 12.1. The van der Waals surface area contributed by atoms with Gasteiger partial charge < -0.3 is 9.15 Å². The summed E-state index contributed by atoms with van der Waals surface area (Å²) in [6.07, 6.45) is 2.17. The van der Waals surface area contributed by atoms with Gasteiger partial charge in [0.15, 0.2) is 5.90 Å². The maximum absolute atomic E-state index is 12.1. The van der Waals surface area contributed by atoms with Crippen molar-refractivity contribution in [3.05, 3.63) is 24.2 Å². The van der Waals surface area contributed by atoms with E-state index in [1.807, 2.05) is 32.9 Å². The predicted octanol–water partition coefficient (Wildman–Crippen LogP) is 2.80. The highest BCUT2D eigenvalue weighted by Gasteiger charge is 2.47. The van der Waals surface area contributed by atoms with Crippen molar-refractivity contribution in [1.29, 1.82) is 0 Å². The zero-order chi connectivity index (χ0) is 13.6. The summed E-state index contributed by atoms with van der Waals surface area (Å²) >= 11 is 0. The Morgan fingerprint density at radius 1 is 1.42 bits per heavy atom. The predicted molar refractivity (Wildman–Crippen MR) is 71.2 cm³/mol. The molecule has 0 saturated heterocycles. The number of carbonyl (C=O) groups excluding carboxylic acids is 1. The number of carbonyl (C=O) groups is 1. The number of aliphatic imine (C=N–C) groups is 1. The van der Waals surface area contributed by atoms with E-state index in [1.54, 1.807) is 6.26 Å². The van der Waals surface area contributed by atoms with Gasteiger partial charge >= 0.3 is 0 Å². The highest BCUT2D eigenvalue weighted by Crippen LogP contribution is 2.44. The van der Waals surface area contributed by atoms with Crippen LogP contribution in [-0.2, 0) is 9.53 Å². The van der Waals surface area contributed by atoms with Crippen LogP contribution in [-0.4, -0.2) is 23.8 Å². The molecule has 102 valence electrons. The number of Topliss-reactive ketones (excluding diaryl/α,β-unsaturated/α-hetero) is 1. The molecule has 2 aliphatic rings. The maximum Gasteiger partial charge on any atom is 0.188 e. The average Bonchev–Trinajstić information content (AvgIpc) is 3.01. The Kier molecular flexibility index (Phi) is 2.77. The van der Waals surface area contributed by atoms with Crippen molar-refractivity contribution in [2.75, 3.05) is 6.61 Å². The topological polar surface area (TPSA) is 51.8 Å². The van der Waals surface area contributed by atoms with Gasteiger partial charge in [-0.2, -0.15) is 0 Å². The Morgan fingerprint density at radius 2 is 2.21 bits per heavy atom. The van der Waals surface area contributed by atoms with Gasteiger partial charge in [0.05, 0.1) is 17.7 Å². The van der Waals surface area contributed by atoms with E-state index in [0.29, 0.717) is 13.0 Å². The molecule has 0 N–H and O–H groups in total. The molecule has 3 rings (SSSR count). The number of ketones is 1. The Labute approximate surface area is 112 Å². The quantitative estimate of drug-likeness (QED) is 0.822. The second kappa shape index (κ2) is 4.22. The van der Waals surface area contributed by atoms with Crippen molar-refractivity contribution in [3.63, 3.8) is 0 Å². The summed E-state index contributed by atoms with van der Waals surface area (Å²) in [4.78, 5) is 16.7. The molecule has 1 aromatic heterocycles. The lowest BCUT2D eigenvalue weighted by atomic mass is 9.88. The molecule has 0 radical (unpaired) electrons. The van der Waals surface area contributed by atoms with Crippen LogP contribution in [0.2, 0.25) is 0 Å². The van der Waals surface area contributed by atoms with Gasteiger partial charge in [0, 0.05) is 18.3 Å². The first-order chi connectivity index (χ1) is 8.98. The molecular weight excluding hydrogens is 242 g/mol. The summed E-state index contributed by atoms with van der Waals surface area (Å²) < 4.78 is 11.2. The monoisotopic (exact) mass is 261 g/mol. The first kappa shape index (κ1) is 12.5. The summed E-state index contributed by atoms with van der Waals surface area (Å²) in [5.74, 6) is 1.87. The third-order valence-corrected chi connectivity index (χ3v) is 4.08. The van der Waals surface area contributed by atoms with Gasteiger partial charge in [0.2, 0.25) is 0 Å². The highest BCUT2D eigenvalue weighted by atomic mass is 16.5. The molecule has 0 amide bonds. The standard InChI is InChI=1S/C15H19NO3/c1-9-11(17)7-10(12-5-4-6-18-12)13(9)14-16-15(2,3)8-19-14/h4-6,9-10,13H,7-8H2,1-3H3/t9?,10-,13-/m1/s1. The molecule has 1 unspecified atom stereocenters. The lowest BCUT2D eigenvalue weighted by Gasteiger charge is -2.19. The Bertz CT molecular complexity index is 516. The number of furan rings is 1. The molecule has 19 heavy (non-hydrogen) atoms. The number of rotatable bonds is 2. The van der Waals surface area contributed by atoms with Crippen molar-refractivity contribution in [2.24, 2.45) is 16.8 Å². The lowest BCUT2D eigenvalue weighted by molar-refractivity contribution is -0.120. The van der Waals surface area contributed by atoms with Crippen molar-refractivity contribution < 1.29 is 13.9 Å². The van der Waals surface area contributed by atoms with E-state index in [2.05, 4.69) is 4.99 Å². The molecule has 1 aliphatic carbocycles. The van der Waals surface area contributed by atoms with Gasteiger partial charge in [0.25, 0.3) is 0 Å². The van der Waals surface area contributed by atoms with E-state index in [1.165, 1.54) is 0 Å². The summed E-state index contributed by atoms with van der Waals surface area (Å²) in [7, 11) is 0. The summed E-state index contributed by atoms with van der Waals surface area (Å²) in [5.41, 5.74) is -0.186. The Balaban J connectivity index is 1.95. The minimum absolute atomic E-state index is 0.0143. The normalized spacial score (nSPS) is 33.3. The minimum Gasteiger partial charge on any atom is -0.478 e. The zero-order valence-corrected chi connectivity index (χ0v) is 11.6. The average molecular weight is 261 g/mol. The van der Waals surface area contributed by atoms with Gasteiger partial charge in [-0.1, -0.05) is 6.92 Å². The van der Waals surface area contributed by atoms with Gasteiger partial charge in [-0.3, -0.25) is 4.79 Å². The van der Waals surface area contributed by atoms with E-state index in [-0.39, 0.29) is 29.1 Å². The molecule has 1 aromatic rings. The third-order valence-electron chi connectivity index (χ3n) is 4.08. The first-order valence-electron chi connectivity index (χ1n) is 6.76. The van der Waals surface area contributed by atoms with E-state index in [4.69, 9.17) is 9.15 Å². The minimum atomic E-state index is -0.186. The van der Waals surface area contributed by atoms with Crippen molar-refractivity contribution >= 4 is 11.7 Å². The van der Waals surface area contributed by atoms with Crippen LogP contribution in [0.4, 0.5) is 0 Å².